The van der Waals surface area contributed by atoms with E-state index in [2.05, 4.69) is 20.6 Å². The van der Waals surface area contributed by atoms with Gasteiger partial charge in [-0.25, -0.2) is 9.97 Å². The molecule has 0 radical (unpaired) electrons. The number of aromatic nitrogens is 2. The fraction of sp³-hybridized carbons (Fsp3) is 0.167. The maximum absolute atomic E-state index is 12.2. The summed E-state index contributed by atoms with van der Waals surface area (Å²) < 4.78 is 10.6. The number of furan rings is 1. The SMILES string of the molecule is CCOc1ccc(Nc2cc(C(=O)NCc3ccco3)ncn2)cc1. The summed E-state index contributed by atoms with van der Waals surface area (Å²) in [5.74, 6) is 1.71. The van der Waals surface area contributed by atoms with Gasteiger partial charge in [0.25, 0.3) is 5.91 Å². The molecule has 0 atom stereocenters. The maximum Gasteiger partial charge on any atom is 0.270 e. The second kappa shape index (κ2) is 7.96. The third-order valence-corrected chi connectivity index (χ3v) is 3.34. The lowest BCUT2D eigenvalue weighted by atomic mass is 10.3. The lowest BCUT2D eigenvalue weighted by Gasteiger charge is -2.08. The van der Waals surface area contributed by atoms with Crippen LogP contribution in [0, 0.1) is 0 Å². The minimum absolute atomic E-state index is 0.273. The van der Waals surface area contributed by atoms with Crippen molar-refractivity contribution in [2.75, 3.05) is 11.9 Å². The average molecular weight is 338 g/mol. The molecule has 1 amide bonds. The highest BCUT2D eigenvalue weighted by Crippen LogP contribution is 2.19. The van der Waals surface area contributed by atoms with Crippen LogP contribution in [0.25, 0.3) is 0 Å². The van der Waals surface area contributed by atoms with E-state index in [9.17, 15) is 4.79 Å². The van der Waals surface area contributed by atoms with E-state index in [1.54, 1.807) is 24.5 Å². The number of ether oxygens (including phenoxy) is 1. The molecule has 0 aliphatic carbocycles. The van der Waals surface area contributed by atoms with Crippen LogP contribution in [0.5, 0.6) is 5.75 Å². The molecule has 0 bridgehead atoms. The molecule has 0 saturated heterocycles. The Labute approximate surface area is 145 Å². The summed E-state index contributed by atoms with van der Waals surface area (Å²) in [7, 11) is 0. The monoisotopic (exact) mass is 338 g/mol. The molecule has 7 heteroatoms. The summed E-state index contributed by atoms with van der Waals surface area (Å²) in [5.41, 5.74) is 1.11. The average Bonchev–Trinajstić information content (AvgIpc) is 3.15. The number of benzene rings is 1. The highest BCUT2D eigenvalue weighted by molar-refractivity contribution is 5.92. The first-order valence-corrected chi connectivity index (χ1v) is 7.87. The molecule has 0 spiro atoms. The lowest BCUT2D eigenvalue weighted by molar-refractivity contribution is 0.0943. The normalized spacial score (nSPS) is 10.3. The van der Waals surface area contributed by atoms with Crippen molar-refractivity contribution in [2.24, 2.45) is 0 Å². The van der Waals surface area contributed by atoms with Gasteiger partial charge in [-0.3, -0.25) is 4.79 Å². The second-order valence-corrected chi connectivity index (χ2v) is 5.13. The van der Waals surface area contributed by atoms with Gasteiger partial charge in [-0.2, -0.15) is 0 Å². The van der Waals surface area contributed by atoms with Crippen LogP contribution in [-0.2, 0) is 6.54 Å². The molecule has 2 aromatic heterocycles. The van der Waals surface area contributed by atoms with E-state index in [0.29, 0.717) is 24.7 Å². The van der Waals surface area contributed by atoms with E-state index in [1.165, 1.54) is 6.33 Å². The van der Waals surface area contributed by atoms with Gasteiger partial charge in [-0.05, 0) is 43.3 Å². The Morgan fingerprint density at radius 2 is 2.04 bits per heavy atom. The van der Waals surface area contributed by atoms with Crippen LogP contribution < -0.4 is 15.4 Å². The predicted molar refractivity (Wildman–Crippen MR) is 92.8 cm³/mol. The quantitative estimate of drug-likeness (QED) is 0.688. The molecule has 1 aromatic carbocycles. The summed E-state index contributed by atoms with van der Waals surface area (Å²) in [6.45, 7) is 2.86. The molecule has 128 valence electrons. The van der Waals surface area contributed by atoms with E-state index in [1.807, 2.05) is 31.2 Å². The van der Waals surface area contributed by atoms with Crippen molar-refractivity contribution in [1.29, 1.82) is 0 Å². The Morgan fingerprint density at radius 1 is 1.20 bits per heavy atom. The standard InChI is InChI=1S/C18H18N4O3/c1-2-24-14-7-5-13(6-8-14)22-17-10-16(20-12-21-17)18(23)19-11-15-4-3-9-25-15/h3-10,12H,2,11H2,1H3,(H,19,23)(H,20,21,22). The number of rotatable bonds is 7. The van der Waals surface area contributed by atoms with Crippen molar-refractivity contribution in [1.82, 2.24) is 15.3 Å². The summed E-state index contributed by atoms with van der Waals surface area (Å²) >= 11 is 0. The third-order valence-electron chi connectivity index (χ3n) is 3.34. The molecule has 2 N–H and O–H groups in total. The number of hydrogen-bond donors (Lipinski definition) is 2. The molecule has 0 aliphatic heterocycles. The molecule has 25 heavy (non-hydrogen) atoms. The number of amides is 1. The van der Waals surface area contributed by atoms with Crippen LogP contribution >= 0.6 is 0 Å². The zero-order valence-electron chi connectivity index (χ0n) is 13.7. The van der Waals surface area contributed by atoms with Crippen LogP contribution in [0.3, 0.4) is 0 Å². The number of nitrogens with one attached hydrogen (secondary N) is 2. The first kappa shape index (κ1) is 16.5. The number of carbonyl (C=O) groups is 1. The van der Waals surface area contributed by atoms with Gasteiger partial charge in [0, 0.05) is 11.8 Å². The van der Waals surface area contributed by atoms with Crippen LogP contribution in [0.4, 0.5) is 11.5 Å². The third kappa shape index (κ3) is 4.57. The van der Waals surface area contributed by atoms with Gasteiger partial charge in [0.1, 0.15) is 29.3 Å². The number of nitrogens with zero attached hydrogens (tertiary/aromatic N) is 2. The fourth-order valence-electron chi connectivity index (χ4n) is 2.17. The molecule has 0 aliphatic rings. The summed E-state index contributed by atoms with van der Waals surface area (Å²) in [6, 6.07) is 12.6. The number of hydrogen-bond acceptors (Lipinski definition) is 6. The van der Waals surface area contributed by atoms with Crippen molar-refractivity contribution in [3.05, 3.63) is 66.5 Å². The molecule has 3 rings (SSSR count). The van der Waals surface area contributed by atoms with Gasteiger partial charge in [0.05, 0.1) is 19.4 Å². The van der Waals surface area contributed by atoms with Crippen molar-refractivity contribution in [3.63, 3.8) is 0 Å². The van der Waals surface area contributed by atoms with E-state index >= 15 is 0 Å². The summed E-state index contributed by atoms with van der Waals surface area (Å²) in [4.78, 5) is 20.3. The zero-order chi connectivity index (χ0) is 17.5. The van der Waals surface area contributed by atoms with E-state index < -0.39 is 0 Å². The molecular weight excluding hydrogens is 320 g/mol. The van der Waals surface area contributed by atoms with Crippen LogP contribution in [0.15, 0.2) is 59.5 Å². The van der Waals surface area contributed by atoms with Crippen LogP contribution in [0.1, 0.15) is 23.2 Å². The molecule has 7 nitrogen and oxygen atoms in total. The van der Waals surface area contributed by atoms with Gasteiger partial charge < -0.3 is 19.8 Å². The van der Waals surface area contributed by atoms with Gasteiger partial charge in [-0.1, -0.05) is 0 Å². The number of carbonyl (C=O) groups excluding carboxylic acids is 1. The van der Waals surface area contributed by atoms with Crippen molar-refractivity contribution in [3.8, 4) is 5.75 Å². The largest absolute Gasteiger partial charge is 0.494 e. The first-order chi connectivity index (χ1) is 12.2. The fourth-order valence-corrected chi connectivity index (χ4v) is 2.17. The zero-order valence-corrected chi connectivity index (χ0v) is 13.7. The Kier molecular flexibility index (Phi) is 5.26. The van der Waals surface area contributed by atoms with Gasteiger partial charge >= 0.3 is 0 Å². The minimum Gasteiger partial charge on any atom is -0.494 e. The molecule has 0 unspecified atom stereocenters. The topological polar surface area (TPSA) is 89.3 Å². The Bertz CT molecular complexity index is 817. The van der Waals surface area contributed by atoms with Gasteiger partial charge in [0.2, 0.25) is 0 Å². The van der Waals surface area contributed by atoms with Crippen molar-refractivity contribution >= 4 is 17.4 Å². The number of anilines is 2. The van der Waals surface area contributed by atoms with Gasteiger partial charge in [-0.15, -0.1) is 0 Å². The predicted octanol–water partition coefficient (Wildman–Crippen LogP) is 3.14. The maximum atomic E-state index is 12.2. The highest BCUT2D eigenvalue weighted by atomic mass is 16.5. The second-order valence-electron chi connectivity index (χ2n) is 5.13. The Balaban J connectivity index is 1.63. The minimum atomic E-state index is -0.298. The van der Waals surface area contributed by atoms with Crippen molar-refractivity contribution < 1.29 is 13.9 Å². The van der Waals surface area contributed by atoms with Crippen LogP contribution in [-0.4, -0.2) is 22.5 Å². The molecule has 0 saturated carbocycles. The van der Waals surface area contributed by atoms with E-state index in [0.717, 1.165) is 11.4 Å². The lowest BCUT2D eigenvalue weighted by Crippen LogP contribution is -2.23. The first-order valence-electron chi connectivity index (χ1n) is 7.87. The Morgan fingerprint density at radius 3 is 2.76 bits per heavy atom. The summed E-state index contributed by atoms with van der Waals surface area (Å²) in [5, 5.41) is 5.88. The molecular formula is C18H18N4O3. The molecule has 2 heterocycles. The van der Waals surface area contributed by atoms with E-state index in [-0.39, 0.29) is 11.6 Å². The van der Waals surface area contributed by atoms with Crippen LogP contribution in [0.2, 0.25) is 0 Å². The summed E-state index contributed by atoms with van der Waals surface area (Å²) in [6.07, 6.45) is 2.91. The van der Waals surface area contributed by atoms with Crippen molar-refractivity contribution in [2.45, 2.75) is 13.5 Å². The molecule has 0 fully saturated rings. The Hall–Kier alpha value is -3.35. The van der Waals surface area contributed by atoms with Gasteiger partial charge in [0.15, 0.2) is 0 Å². The smallest absolute Gasteiger partial charge is 0.270 e. The van der Waals surface area contributed by atoms with E-state index in [4.69, 9.17) is 9.15 Å². The highest BCUT2D eigenvalue weighted by Gasteiger charge is 2.09. The molecule has 3 aromatic rings.